The highest BCUT2D eigenvalue weighted by atomic mass is 35.5. The maximum atomic E-state index is 12.3. The second-order valence-electron chi connectivity index (χ2n) is 6.17. The Morgan fingerprint density at radius 3 is 2.83 bits per heavy atom. The number of hydrogen-bond acceptors (Lipinski definition) is 4. The van der Waals surface area contributed by atoms with E-state index in [-0.39, 0.29) is 12.5 Å². The van der Waals surface area contributed by atoms with Gasteiger partial charge in [0.25, 0.3) is 5.91 Å². The van der Waals surface area contributed by atoms with Crippen molar-refractivity contribution in [2.24, 2.45) is 0 Å². The molecule has 0 aliphatic carbocycles. The van der Waals surface area contributed by atoms with E-state index in [2.05, 4.69) is 0 Å². The predicted octanol–water partition coefficient (Wildman–Crippen LogP) is 2.25. The molecule has 0 unspecified atom stereocenters. The van der Waals surface area contributed by atoms with Gasteiger partial charge in [-0.15, -0.1) is 0 Å². The Bertz CT molecular complexity index is 557. The molecule has 2 aliphatic rings. The van der Waals surface area contributed by atoms with Crippen LogP contribution in [0.25, 0.3) is 0 Å². The van der Waals surface area contributed by atoms with Crippen LogP contribution in [0.1, 0.15) is 25.7 Å². The third-order valence-corrected chi connectivity index (χ3v) is 5.08. The third-order valence-electron chi connectivity index (χ3n) is 4.77. The van der Waals surface area contributed by atoms with E-state index in [1.165, 1.54) is 0 Å². The second-order valence-corrected chi connectivity index (χ2v) is 6.58. The number of amides is 1. The molecule has 1 aromatic rings. The average molecular weight is 340 g/mol. The highest BCUT2D eigenvalue weighted by Crippen LogP contribution is 2.35. The number of nitrogens with zero attached hydrogens (tertiary/aromatic N) is 1. The first-order valence-corrected chi connectivity index (χ1v) is 8.46. The maximum absolute atomic E-state index is 12.3. The van der Waals surface area contributed by atoms with Gasteiger partial charge in [0.1, 0.15) is 5.75 Å². The number of rotatable bonds is 3. The molecule has 2 fully saturated rings. The van der Waals surface area contributed by atoms with Gasteiger partial charge >= 0.3 is 0 Å². The van der Waals surface area contributed by atoms with Crippen molar-refractivity contribution < 1.29 is 19.4 Å². The second kappa shape index (κ2) is 7.07. The molecule has 2 heterocycles. The smallest absolute Gasteiger partial charge is 0.260 e. The van der Waals surface area contributed by atoms with Crippen molar-refractivity contribution in [3.05, 3.63) is 29.3 Å². The molecule has 1 atom stereocenters. The van der Waals surface area contributed by atoms with Gasteiger partial charge in [-0.3, -0.25) is 4.79 Å². The van der Waals surface area contributed by atoms with Crippen molar-refractivity contribution >= 4 is 17.5 Å². The number of hydrogen-bond donors (Lipinski definition) is 1. The number of carbonyl (C=O) groups excluding carboxylic acids is 1. The Hall–Kier alpha value is -1.30. The van der Waals surface area contributed by atoms with Crippen molar-refractivity contribution in [1.29, 1.82) is 0 Å². The first-order chi connectivity index (χ1) is 11.1. The van der Waals surface area contributed by atoms with Crippen LogP contribution < -0.4 is 4.74 Å². The van der Waals surface area contributed by atoms with Crippen LogP contribution in [0.15, 0.2) is 24.3 Å². The van der Waals surface area contributed by atoms with Gasteiger partial charge in [0.15, 0.2) is 6.61 Å². The first kappa shape index (κ1) is 16.6. The first-order valence-electron chi connectivity index (χ1n) is 8.08. The summed E-state index contributed by atoms with van der Waals surface area (Å²) in [6.45, 7) is 1.84. The van der Waals surface area contributed by atoms with Crippen LogP contribution in [0, 0.1) is 0 Å². The van der Waals surface area contributed by atoms with Gasteiger partial charge in [0, 0.05) is 19.7 Å². The molecule has 2 saturated heterocycles. The molecule has 0 saturated carbocycles. The molecule has 1 N–H and O–H groups in total. The zero-order valence-corrected chi connectivity index (χ0v) is 13.8. The van der Waals surface area contributed by atoms with Crippen LogP contribution in [-0.4, -0.2) is 53.9 Å². The summed E-state index contributed by atoms with van der Waals surface area (Å²) in [5.74, 6) is 0.451. The molecule has 6 heteroatoms. The predicted molar refractivity (Wildman–Crippen MR) is 86.7 cm³/mol. The zero-order chi connectivity index (χ0) is 16.3. The van der Waals surface area contributed by atoms with Gasteiger partial charge in [-0.05, 0) is 37.8 Å². The Kier molecular flexibility index (Phi) is 5.09. The van der Waals surface area contributed by atoms with Crippen molar-refractivity contribution in [3.63, 3.8) is 0 Å². The molecule has 5 nitrogen and oxygen atoms in total. The normalized spacial score (nSPS) is 23.7. The summed E-state index contributed by atoms with van der Waals surface area (Å²) in [4.78, 5) is 14.1. The van der Waals surface area contributed by atoms with Gasteiger partial charge in [-0.2, -0.15) is 0 Å². The largest absolute Gasteiger partial charge is 0.482 e. The van der Waals surface area contributed by atoms with Gasteiger partial charge in [0.05, 0.1) is 16.7 Å². The molecule has 0 bridgehead atoms. The van der Waals surface area contributed by atoms with Crippen LogP contribution >= 0.6 is 11.6 Å². The zero-order valence-electron chi connectivity index (χ0n) is 13.0. The number of piperidine rings is 1. The van der Waals surface area contributed by atoms with Gasteiger partial charge in [0.2, 0.25) is 0 Å². The van der Waals surface area contributed by atoms with Crippen LogP contribution in [0.4, 0.5) is 0 Å². The van der Waals surface area contributed by atoms with E-state index in [1.807, 2.05) is 12.1 Å². The fourth-order valence-electron chi connectivity index (χ4n) is 3.32. The monoisotopic (exact) mass is 339 g/mol. The van der Waals surface area contributed by atoms with Crippen LogP contribution in [0.5, 0.6) is 5.75 Å². The van der Waals surface area contributed by atoms with Crippen molar-refractivity contribution in [1.82, 2.24) is 4.90 Å². The summed E-state index contributed by atoms with van der Waals surface area (Å²) in [6, 6.07) is 7.11. The van der Waals surface area contributed by atoms with Crippen LogP contribution in [0.2, 0.25) is 5.02 Å². The van der Waals surface area contributed by atoms with Gasteiger partial charge in [-0.1, -0.05) is 23.7 Å². The lowest BCUT2D eigenvalue weighted by molar-refractivity contribution is -0.180. The quantitative estimate of drug-likeness (QED) is 0.917. The highest BCUT2D eigenvalue weighted by Gasteiger charge is 2.44. The molecule has 1 aromatic carbocycles. The lowest BCUT2D eigenvalue weighted by Crippen LogP contribution is -2.56. The van der Waals surface area contributed by atoms with E-state index < -0.39 is 11.7 Å². The van der Waals surface area contributed by atoms with E-state index in [4.69, 9.17) is 21.1 Å². The summed E-state index contributed by atoms with van der Waals surface area (Å²) in [5.41, 5.74) is -0.460. The van der Waals surface area contributed by atoms with Crippen LogP contribution in [0.3, 0.4) is 0 Å². The van der Waals surface area contributed by atoms with Gasteiger partial charge in [-0.25, -0.2) is 0 Å². The Balaban J connectivity index is 1.51. The lowest BCUT2D eigenvalue weighted by Gasteiger charge is -2.46. The summed E-state index contributed by atoms with van der Waals surface area (Å²) in [6.07, 6.45) is 2.60. The van der Waals surface area contributed by atoms with E-state index in [0.29, 0.717) is 43.3 Å². The average Bonchev–Trinajstić information content (AvgIpc) is 2.57. The van der Waals surface area contributed by atoms with E-state index in [9.17, 15) is 9.90 Å². The van der Waals surface area contributed by atoms with E-state index >= 15 is 0 Å². The fraction of sp³-hybridized carbons (Fsp3) is 0.588. The summed E-state index contributed by atoms with van der Waals surface area (Å²) in [5, 5.41) is 10.7. The van der Waals surface area contributed by atoms with Crippen molar-refractivity contribution in [2.75, 3.05) is 26.3 Å². The molecule has 1 spiro atoms. The Morgan fingerprint density at radius 1 is 1.39 bits per heavy atom. The minimum atomic E-state index is -0.460. The number of halogens is 1. The third kappa shape index (κ3) is 3.62. The number of aliphatic hydroxyl groups is 1. The number of benzene rings is 1. The molecule has 3 rings (SSSR count). The molecule has 1 amide bonds. The Labute approximate surface area is 141 Å². The summed E-state index contributed by atoms with van der Waals surface area (Å²) < 4.78 is 11.4. The number of likely N-dealkylation sites (tertiary alicyclic amines) is 1. The molecule has 0 radical (unpaired) electrons. The van der Waals surface area contributed by atoms with E-state index in [1.54, 1.807) is 17.0 Å². The molecule has 23 heavy (non-hydrogen) atoms. The Morgan fingerprint density at radius 2 is 2.13 bits per heavy atom. The minimum Gasteiger partial charge on any atom is -0.482 e. The summed E-state index contributed by atoms with van der Waals surface area (Å²) >= 11 is 6.01. The SMILES string of the molecule is O=C(COc1ccccc1Cl)N1CCC2(CC1)OCCC[C@H]2O. The number of ether oxygens (including phenoxy) is 2. The minimum absolute atomic E-state index is 0.0276. The molecular formula is C17H22ClNO4. The molecule has 2 aliphatic heterocycles. The molecular weight excluding hydrogens is 318 g/mol. The highest BCUT2D eigenvalue weighted by molar-refractivity contribution is 6.32. The number of aliphatic hydroxyl groups excluding tert-OH is 1. The molecule has 126 valence electrons. The summed E-state index contributed by atoms with van der Waals surface area (Å²) in [7, 11) is 0. The van der Waals surface area contributed by atoms with Crippen molar-refractivity contribution in [3.8, 4) is 5.75 Å². The maximum Gasteiger partial charge on any atom is 0.260 e. The standard InChI is InChI=1S/C17H22ClNO4/c18-13-4-1-2-5-14(13)22-12-16(21)19-9-7-17(8-10-19)15(20)6-3-11-23-17/h1-2,4-5,15,20H,3,6-12H2/t15-/m1/s1. The number of para-hydroxylation sites is 1. The lowest BCUT2D eigenvalue weighted by atomic mass is 9.82. The van der Waals surface area contributed by atoms with Crippen LogP contribution in [-0.2, 0) is 9.53 Å². The number of carbonyl (C=O) groups is 1. The molecule has 0 aromatic heterocycles. The fourth-order valence-corrected chi connectivity index (χ4v) is 3.51. The topological polar surface area (TPSA) is 59.0 Å². The van der Waals surface area contributed by atoms with Crippen molar-refractivity contribution in [2.45, 2.75) is 37.4 Å². The van der Waals surface area contributed by atoms with E-state index in [0.717, 1.165) is 12.8 Å². The van der Waals surface area contributed by atoms with Gasteiger partial charge < -0.3 is 19.5 Å².